The lowest BCUT2D eigenvalue weighted by atomic mass is 9.99. The monoisotopic (exact) mass is 630 g/mol. The summed E-state index contributed by atoms with van der Waals surface area (Å²) in [6.45, 7) is 9.38. The molecule has 1 unspecified atom stereocenters. The third kappa shape index (κ3) is 5.68. The summed E-state index contributed by atoms with van der Waals surface area (Å²) >= 11 is 0. The largest absolute Gasteiger partial charge is 0.495 e. The zero-order chi connectivity index (χ0) is 32.0. The first-order chi connectivity index (χ1) is 22.3. The van der Waals surface area contributed by atoms with Crippen molar-refractivity contribution in [1.29, 1.82) is 0 Å². The van der Waals surface area contributed by atoms with Crippen LogP contribution in [0.1, 0.15) is 66.9 Å². The van der Waals surface area contributed by atoms with Gasteiger partial charge in [-0.1, -0.05) is 13.0 Å². The summed E-state index contributed by atoms with van der Waals surface area (Å²) in [4.78, 5) is 46.8. The molecule has 5 aliphatic rings. The summed E-state index contributed by atoms with van der Waals surface area (Å²) in [6.07, 6.45) is 6.08. The fourth-order valence-corrected chi connectivity index (χ4v) is 8.02. The number of carbonyl (C=O) groups is 3. The number of rotatable bonds is 9. The van der Waals surface area contributed by atoms with Gasteiger partial charge >= 0.3 is 0 Å². The highest BCUT2D eigenvalue weighted by Gasteiger charge is 2.50. The predicted octanol–water partition coefficient (Wildman–Crippen LogP) is 2.80. The molecule has 1 saturated carbocycles. The van der Waals surface area contributed by atoms with Crippen molar-refractivity contribution in [1.82, 2.24) is 20.0 Å². The Morgan fingerprint density at radius 1 is 0.978 bits per heavy atom. The van der Waals surface area contributed by atoms with Crippen LogP contribution in [-0.4, -0.2) is 103 Å². The SMILES string of the molecule is CCc1cc(N)c(OC)cc1N1CCC(N2CCN(C3(COc4cccc5c4CN(C4CCC(=O)NC4=O)C5=O)CC3)CC2)CC1. The molecular formula is C35H46N6O5. The summed E-state index contributed by atoms with van der Waals surface area (Å²) in [5.41, 5.74) is 10.9. The van der Waals surface area contributed by atoms with Gasteiger partial charge in [0.25, 0.3) is 5.91 Å². The zero-order valence-electron chi connectivity index (χ0n) is 27.1. The molecule has 46 heavy (non-hydrogen) atoms. The molecule has 0 bridgehead atoms. The van der Waals surface area contributed by atoms with Gasteiger partial charge in [0, 0.05) is 74.6 Å². The quantitative estimate of drug-likeness (QED) is 0.318. The Morgan fingerprint density at radius 3 is 2.41 bits per heavy atom. The number of ether oxygens (including phenoxy) is 2. The lowest BCUT2D eigenvalue weighted by Gasteiger charge is -2.45. The maximum Gasteiger partial charge on any atom is 0.255 e. The van der Waals surface area contributed by atoms with Crippen LogP contribution in [0.4, 0.5) is 11.4 Å². The summed E-state index contributed by atoms with van der Waals surface area (Å²) in [5, 5.41) is 2.38. The molecule has 2 aromatic carbocycles. The van der Waals surface area contributed by atoms with E-state index < -0.39 is 11.9 Å². The molecule has 0 spiro atoms. The maximum absolute atomic E-state index is 13.2. The van der Waals surface area contributed by atoms with Gasteiger partial charge in [0.1, 0.15) is 24.1 Å². The number of nitrogens with one attached hydrogen (secondary N) is 1. The van der Waals surface area contributed by atoms with Gasteiger partial charge in [-0.15, -0.1) is 0 Å². The van der Waals surface area contributed by atoms with Crippen molar-refractivity contribution in [2.75, 3.05) is 63.6 Å². The predicted molar refractivity (Wildman–Crippen MR) is 175 cm³/mol. The van der Waals surface area contributed by atoms with E-state index in [1.54, 1.807) is 12.0 Å². The van der Waals surface area contributed by atoms with Crippen molar-refractivity contribution in [3.63, 3.8) is 0 Å². The van der Waals surface area contributed by atoms with Crippen molar-refractivity contribution in [3.8, 4) is 11.5 Å². The second kappa shape index (κ2) is 12.4. The van der Waals surface area contributed by atoms with E-state index in [2.05, 4.69) is 39.1 Å². The van der Waals surface area contributed by atoms with Crippen LogP contribution in [0.5, 0.6) is 11.5 Å². The van der Waals surface area contributed by atoms with Crippen molar-refractivity contribution < 1.29 is 23.9 Å². The molecule has 2 aromatic rings. The van der Waals surface area contributed by atoms with Crippen LogP contribution in [-0.2, 0) is 22.6 Å². The number of carbonyl (C=O) groups excluding carboxylic acids is 3. The van der Waals surface area contributed by atoms with Crippen molar-refractivity contribution in [3.05, 3.63) is 47.0 Å². The van der Waals surface area contributed by atoms with E-state index in [-0.39, 0.29) is 23.8 Å². The van der Waals surface area contributed by atoms with Gasteiger partial charge in [0.2, 0.25) is 11.8 Å². The van der Waals surface area contributed by atoms with Gasteiger partial charge in [0.05, 0.1) is 24.9 Å². The van der Waals surface area contributed by atoms with E-state index in [4.69, 9.17) is 15.2 Å². The number of amides is 3. The first-order valence-corrected chi connectivity index (χ1v) is 16.9. The van der Waals surface area contributed by atoms with Crippen LogP contribution < -0.4 is 25.4 Å². The Hall–Kier alpha value is -3.83. The molecule has 1 atom stereocenters. The van der Waals surface area contributed by atoms with Gasteiger partial charge in [-0.05, 0) is 62.3 Å². The fraction of sp³-hybridized carbons (Fsp3) is 0.571. The highest BCUT2D eigenvalue weighted by atomic mass is 16.5. The molecule has 1 aliphatic carbocycles. The van der Waals surface area contributed by atoms with Crippen LogP contribution in [0, 0.1) is 0 Å². The number of imide groups is 1. The lowest BCUT2D eigenvalue weighted by Crippen LogP contribution is -2.57. The third-order valence-electron chi connectivity index (χ3n) is 11.0. The van der Waals surface area contributed by atoms with Gasteiger partial charge in [-0.25, -0.2) is 0 Å². The van der Waals surface area contributed by atoms with Crippen LogP contribution in [0.3, 0.4) is 0 Å². The molecule has 0 aromatic heterocycles. The standard InChI is InChI=1S/C35H46N6O5/c1-3-23-19-27(36)31(45-2)20-29(23)39-13-9-24(10-14-39)38-15-17-40(18-16-38)35(11-12-35)22-46-30-6-4-5-25-26(30)21-41(34(25)44)28-7-8-32(42)37-33(28)43/h4-6,19-20,24,28H,3,7-18,21-22,36H2,1-2H3,(H,37,42,43). The second-order valence-corrected chi connectivity index (χ2v) is 13.5. The zero-order valence-corrected chi connectivity index (χ0v) is 27.1. The Labute approximate surface area is 270 Å². The highest BCUT2D eigenvalue weighted by Crippen LogP contribution is 2.44. The Kier molecular flexibility index (Phi) is 8.31. The number of aryl methyl sites for hydroxylation is 1. The van der Waals surface area contributed by atoms with E-state index in [0.717, 1.165) is 88.4 Å². The van der Waals surface area contributed by atoms with E-state index in [1.165, 1.54) is 11.3 Å². The number of nitrogens with zero attached hydrogens (tertiary/aromatic N) is 4. The molecule has 3 N–H and O–H groups in total. The number of nitrogen functional groups attached to an aromatic ring is 1. The molecule has 11 nitrogen and oxygen atoms in total. The number of piperidine rings is 2. The van der Waals surface area contributed by atoms with Gasteiger partial charge in [-0.2, -0.15) is 0 Å². The minimum absolute atomic E-state index is 0.0505. The van der Waals surface area contributed by atoms with Crippen molar-refractivity contribution in [2.45, 2.75) is 76.0 Å². The van der Waals surface area contributed by atoms with E-state index in [9.17, 15) is 14.4 Å². The number of nitrogens with two attached hydrogens (primary N) is 1. The topological polar surface area (TPSA) is 121 Å². The number of piperazine rings is 1. The van der Waals surface area contributed by atoms with E-state index in [1.807, 2.05) is 18.2 Å². The molecule has 11 heteroatoms. The summed E-state index contributed by atoms with van der Waals surface area (Å²) in [6, 6.07) is 9.75. The molecule has 0 radical (unpaired) electrons. The normalized spacial score (nSPS) is 23.8. The van der Waals surface area contributed by atoms with E-state index >= 15 is 0 Å². The molecule has 7 rings (SSSR count). The van der Waals surface area contributed by atoms with Crippen LogP contribution >= 0.6 is 0 Å². The van der Waals surface area contributed by atoms with Crippen LogP contribution in [0.15, 0.2) is 30.3 Å². The minimum Gasteiger partial charge on any atom is -0.495 e. The average Bonchev–Trinajstić information content (AvgIpc) is 3.80. The van der Waals surface area contributed by atoms with Crippen molar-refractivity contribution in [2.24, 2.45) is 0 Å². The van der Waals surface area contributed by atoms with Gasteiger partial charge in [0.15, 0.2) is 0 Å². The number of fused-ring (bicyclic) bond motifs is 1. The minimum atomic E-state index is -0.626. The molecule has 4 aliphatic heterocycles. The summed E-state index contributed by atoms with van der Waals surface area (Å²) < 4.78 is 12.0. The van der Waals surface area contributed by atoms with Gasteiger partial charge < -0.3 is 25.0 Å². The lowest BCUT2D eigenvalue weighted by molar-refractivity contribution is -0.136. The first-order valence-electron chi connectivity index (χ1n) is 16.9. The number of hydrogen-bond acceptors (Lipinski definition) is 9. The first kappa shape index (κ1) is 30.8. The molecule has 4 fully saturated rings. The molecule has 3 amide bonds. The number of hydrogen-bond donors (Lipinski definition) is 2. The Morgan fingerprint density at radius 2 is 1.74 bits per heavy atom. The Bertz CT molecular complexity index is 1510. The number of benzene rings is 2. The smallest absolute Gasteiger partial charge is 0.255 e. The Balaban J connectivity index is 0.923. The molecule has 246 valence electrons. The number of methoxy groups -OCH3 is 1. The van der Waals surface area contributed by atoms with Crippen LogP contribution in [0.25, 0.3) is 0 Å². The molecule has 3 saturated heterocycles. The summed E-state index contributed by atoms with van der Waals surface area (Å²) in [5.74, 6) is 0.633. The van der Waals surface area contributed by atoms with E-state index in [0.29, 0.717) is 36.9 Å². The number of anilines is 2. The molecule has 4 heterocycles. The van der Waals surface area contributed by atoms with Gasteiger partial charge in [-0.3, -0.25) is 29.5 Å². The second-order valence-electron chi connectivity index (χ2n) is 13.5. The molecular weight excluding hydrogens is 584 g/mol. The van der Waals surface area contributed by atoms with Crippen LogP contribution in [0.2, 0.25) is 0 Å². The summed E-state index contributed by atoms with van der Waals surface area (Å²) in [7, 11) is 1.68. The fourth-order valence-electron chi connectivity index (χ4n) is 8.02. The average molecular weight is 631 g/mol. The highest BCUT2D eigenvalue weighted by molar-refractivity contribution is 6.05. The van der Waals surface area contributed by atoms with Crippen molar-refractivity contribution >= 4 is 29.1 Å². The third-order valence-corrected chi connectivity index (χ3v) is 11.0. The maximum atomic E-state index is 13.2.